The molecular formula is C22H22ClN. The Morgan fingerprint density at radius 2 is 1.71 bits per heavy atom. The van der Waals surface area contributed by atoms with Gasteiger partial charge in [-0.15, -0.1) is 0 Å². The average molecular weight is 336 g/mol. The molecule has 2 rings (SSSR count). The molecule has 0 saturated heterocycles. The molecule has 0 radical (unpaired) electrons. The second-order valence-electron chi connectivity index (χ2n) is 5.56. The second kappa shape index (κ2) is 8.37. The van der Waals surface area contributed by atoms with Gasteiger partial charge in [-0.3, -0.25) is 0 Å². The van der Waals surface area contributed by atoms with Gasteiger partial charge in [0.2, 0.25) is 0 Å². The summed E-state index contributed by atoms with van der Waals surface area (Å²) in [4.78, 5) is 0. The molecule has 0 aliphatic rings. The Labute approximate surface area is 149 Å². The van der Waals surface area contributed by atoms with E-state index in [-0.39, 0.29) is 0 Å². The molecule has 0 heterocycles. The predicted molar refractivity (Wildman–Crippen MR) is 108 cm³/mol. The van der Waals surface area contributed by atoms with E-state index in [9.17, 15) is 0 Å². The van der Waals surface area contributed by atoms with Crippen LogP contribution < -0.4 is 5.32 Å². The van der Waals surface area contributed by atoms with E-state index in [1.807, 2.05) is 37.3 Å². The van der Waals surface area contributed by atoms with E-state index < -0.39 is 0 Å². The molecule has 1 nitrogen and oxygen atoms in total. The van der Waals surface area contributed by atoms with Crippen LogP contribution in [0, 0.1) is 6.92 Å². The van der Waals surface area contributed by atoms with Crippen LogP contribution in [0.4, 0.5) is 5.69 Å². The van der Waals surface area contributed by atoms with Crippen molar-refractivity contribution in [3.05, 3.63) is 102 Å². The molecule has 0 saturated carbocycles. The zero-order valence-corrected chi connectivity index (χ0v) is 14.9. The van der Waals surface area contributed by atoms with Crippen molar-refractivity contribution in [3.8, 4) is 0 Å². The predicted octanol–water partition coefficient (Wildman–Crippen LogP) is 6.88. The van der Waals surface area contributed by atoms with Gasteiger partial charge in [-0.25, -0.2) is 0 Å². The van der Waals surface area contributed by atoms with Gasteiger partial charge in [0, 0.05) is 16.4 Å². The Morgan fingerprint density at radius 1 is 1.04 bits per heavy atom. The van der Waals surface area contributed by atoms with Crippen molar-refractivity contribution in [3.63, 3.8) is 0 Å². The molecule has 1 N–H and O–H groups in total. The normalized spacial score (nSPS) is 11.5. The summed E-state index contributed by atoms with van der Waals surface area (Å²) in [5, 5.41) is 4.09. The third-order valence-electron chi connectivity index (χ3n) is 3.84. The molecule has 2 aromatic carbocycles. The standard InChI is InChI=1S/C22H22ClN/c1-5-6-7-9-16(2)19-12-14-20(15-13-19)18(4)24-22-11-8-10-21(23)17(22)3/h5-15,24H,1,4H2,2-3H3/b7-6-,16-9+. The molecule has 0 aliphatic heterocycles. The van der Waals surface area contributed by atoms with Crippen molar-refractivity contribution in [1.29, 1.82) is 0 Å². The first-order chi connectivity index (χ1) is 11.5. The van der Waals surface area contributed by atoms with Gasteiger partial charge >= 0.3 is 0 Å². The number of hydrogen-bond donors (Lipinski definition) is 1. The lowest BCUT2D eigenvalue weighted by molar-refractivity contribution is 1.43. The number of halogens is 1. The molecule has 0 fully saturated rings. The van der Waals surface area contributed by atoms with Crippen molar-refractivity contribution in [1.82, 2.24) is 0 Å². The molecular weight excluding hydrogens is 314 g/mol. The monoisotopic (exact) mass is 335 g/mol. The topological polar surface area (TPSA) is 12.0 Å². The van der Waals surface area contributed by atoms with Crippen molar-refractivity contribution in [2.75, 3.05) is 5.32 Å². The first kappa shape index (κ1) is 17.8. The molecule has 2 aromatic rings. The minimum atomic E-state index is 0.747. The second-order valence-corrected chi connectivity index (χ2v) is 5.97. The quantitative estimate of drug-likeness (QED) is 0.567. The lowest BCUT2D eigenvalue weighted by atomic mass is 10.0. The molecule has 122 valence electrons. The number of benzene rings is 2. The van der Waals surface area contributed by atoms with Crippen LogP contribution in [0.2, 0.25) is 5.02 Å². The van der Waals surface area contributed by atoms with Crippen LogP contribution in [0.25, 0.3) is 11.3 Å². The van der Waals surface area contributed by atoms with Gasteiger partial charge in [0.05, 0.1) is 0 Å². The van der Waals surface area contributed by atoms with E-state index in [2.05, 4.69) is 55.7 Å². The van der Waals surface area contributed by atoms with Crippen molar-refractivity contribution >= 4 is 28.6 Å². The fraction of sp³-hybridized carbons (Fsp3) is 0.0909. The van der Waals surface area contributed by atoms with Crippen molar-refractivity contribution < 1.29 is 0 Å². The number of hydrogen-bond acceptors (Lipinski definition) is 1. The van der Waals surface area contributed by atoms with E-state index in [1.54, 1.807) is 6.08 Å². The number of rotatable bonds is 6. The van der Waals surface area contributed by atoms with Crippen LogP contribution in [-0.4, -0.2) is 0 Å². The molecule has 0 spiro atoms. The van der Waals surface area contributed by atoms with Gasteiger partial charge in [-0.2, -0.15) is 0 Å². The number of nitrogens with one attached hydrogen (secondary N) is 1. The Kier molecular flexibility index (Phi) is 6.22. The van der Waals surface area contributed by atoms with Gasteiger partial charge in [0.15, 0.2) is 0 Å². The maximum Gasteiger partial charge on any atom is 0.0455 e. The minimum Gasteiger partial charge on any atom is -0.355 e. The molecule has 24 heavy (non-hydrogen) atoms. The van der Waals surface area contributed by atoms with E-state index >= 15 is 0 Å². The lowest BCUT2D eigenvalue weighted by Gasteiger charge is -2.13. The Bertz CT molecular complexity index is 795. The number of anilines is 1. The van der Waals surface area contributed by atoms with E-state index in [1.165, 1.54) is 11.1 Å². The van der Waals surface area contributed by atoms with Gasteiger partial charge in [-0.05, 0) is 48.2 Å². The van der Waals surface area contributed by atoms with Gasteiger partial charge in [0.25, 0.3) is 0 Å². The third kappa shape index (κ3) is 4.50. The summed E-state index contributed by atoms with van der Waals surface area (Å²) in [6, 6.07) is 14.1. The molecule has 0 atom stereocenters. The van der Waals surface area contributed by atoms with Crippen LogP contribution in [-0.2, 0) is 0 Å². The van der Waals surface area contributed by atoms with E-state index in [0.29, 0.717) is 0 Å². The van der Waals surface area contributed by atoms with Gasteiger partial charge in [-0.1, -0.05) is 79.4 Å². The highest BCUT2D eigenvalue weighted by Gasteiger charge is 2.05. The van der Waals surface area contributed by atoms with Gasteiger partial charge < -0.3 is 5.32 Å². The first-order valence-corrected chi connectivity index (χ1v) is 8.18. The van der Waals surface area contributed by atoms with Crippen LogP contribution >= 0.6 is 11.6 Å². The summed E-state index contributed by atoms with van der Waals surface area (Å²) >= 11 is 6.16. The fourth-order valence-corrected chi connectivity index (χ4v) is 2.46. The zero-order valence-electron chi connectivity index (χ0n) is 14.1. The third-order valence-corrected chi connectivity index (χ3v) is 4.24. The summed E-state index contributed by atoms with van der Waals surface area (Å²) in [5.41, 5.74) is 6.27. The zero-order chi connectivity index (χ0) is 17.5. The number of allylic oxidation sites excluding steroid dienone is 5. The van der Waals surface area contributed by atoms with E-state index in [0.717, 1.165) is 27.5 Å². The molecule has 0 amide bonds. The first-order valence-electron chi connectivity index (χ1n) is 7.80. The molecule has 2 heteroatoms. The van der Waals surface area contributed by atoms with Crippen molar-refractivity contribution in [2.24, 2.45) is 0 Å². The maximum absolute atomic E-state index is 6.16. The van der Waals surface area contributed by atoms with Crippen LogP contribution in [0.15, 0.2) is 79.9 Å². The Hall–Kier alpha value is -2.51. The SMILES string of the molecule is C=C/C=C\C=C(/C)c1ccc(C(=C)Nc2cccc(Cl)c2C)cc1. The summed E-state index contributed by atoms with van der Waals surface area (Å²) in [6.07, 6.45) is 7.73. The van der Waals surface area contributed by atoms with Crippen LogP contribution in [0.3, 0.4) is 0 Å². The molecule has 0 bridgehead atoms. The summed E-state index contributed by atoms with van der Waals surface area (Å²) < 4.78 is 0. The van der Waals surface area contributed by atoms with Crippen molar-refractivity contribution in [2.45, 2.75) is 13.8 Å². The highest BCUT2D eigenvalue weighted by Crippen LogP contribution is 2.26. The average Bonchev–Trinajstić information content (AvgIpc) is 2.59. The largest absolute Gasteiger partial charge is 0.355 e. The van der Waals surface area contributed by atoms with Crippen LogP contribution in [0.1, 0.15) is 23.6 Å². The fourth-order valence-electron chi connectivity index (χ4n) is 2.29. The molecule has 0 aromatic heterocycles. The Balaban J connectivity index is 2.14. The van der Waals surface area contributed by atoms with Crippen LogP contribution in [0.5, 0.6) is 0 Å². The Morgan fingerprint density at radius 3 is 2.38 bits per heavy atom. The lowest BCUT2D eigenvalue weighted by Crippen LogP contribution is -1.99. The highest BCUT2D eigenvalue weighted by molar-refractivity contribution is 6.31. The summed E-state index contributed by atoms with van der Waals surface area (Å²) in [7, 11) is 0. The van der Waals surface area contributed by atoms with Gasteiger partial charge in [0.1, 0.15) is 0 Å². The maximum atomic E-state index is 6.16. The highest BCUT2D eigenvalue weighted by atomic mass is 35.5. The molecule has 0 aliphatic carbocycles. The smallest absolute Gasteiger partial charge is 0.0455 e. The minimum absolute atomic E-state index is 0.747. The summed E-state index contributed by atoms with van der Waals surface area (Å²) in [5.74, 6) is 0. The van der Waals surface area contributed by atoms with E-state index in [4.69, 9.17) is 11.6 Å². The summed E-state index contributed by atoms with van der Waals surface area (Å²) in [6.45, 7) is 11.9. The molecule has 0 unspecified atom stereocenters.